The number of phenolic OH excluding ortho intramolecular Hbond substituents is 1. The van der Waals surface area contributed by atoms with E-state index in [-0.39, 0.29) is 5.56 Å². The quantitative estimate of drug-likeness (QED) is 0.880. The lowest BCUT2D eigenvalue weighted by molar-refractivity contribution is -0.275. The Balaban J connectivity index is 2.28. The highest BCUT2D eigenvalue weighted by atomic mass is 19.4. The van der Waals surface area contributed by atoms with Crippen LogP contribution < -0.4 is 4.74 Å². The van der Waals surface area contributed by atoms with E-state index in [0.717, 1.165) is 18.2 Å². The smallest absolute Gasteiger partial charge is 0.504 e. The maximum absolute atomic E-state index is 12.0. The van der Waals surface area contributed by atoms with Crippen molar-refractivity contribution in [3.05, 3.63) is 53.9 Å². The predicted octanol–water partition coefficient (Wildman–Crippen LogP) is 2.92. The third-order valence-corrected chi connectivity index (χ3v) is 2.39. The number of halogens is 3. The van der Waals surface area contributed by atoms with E-state index in [1.807, 2.05) is 0 Å². The first-order valence-electron chi connectivity index (χ1n) is 5.40. The molecule has 0 aliphatic carbocycles. The Kier molecular flexibility index (Phi) is 3.60. The second kappa shape index (κ2) is 5.20. The van der Waals surface area contributed by atoms with Crippen LogP contribution in [0.4, 0.5) is 13.2 Å². The van der Waals surface area contributed by atoms with Crippen LogP contribution in [0.5, 0.6) is 11.5 Å². The standard InChI is InChI=1S/C13H8F3NO3/c14-13(15,16)20-11-2-1-9(7-10(11)18)12(19)8-3-5-17-6-4-8/h1-7,18H. The molecule has 0 radical (unpaired) electrons. The van der Waals surface area contributed by atoms with Gasteiger partial charge in [0.2, 0.25) is 0 Å². The van der Waals surface area contributed by atoms with Gasteiger partial charge in [0.05, 0.1) is 0 Å². The van der Waals surface area contributed by atoms with Crippen LogP contribution in [0, 0.1) is 0 Å². The van der Waals surface area contributed by atoms with Gasteiger partial charge in [0.15, 0.2) is 17.3 Å². The molecule has 0 saturated carbocycles. The van der Waals surface area contributed by atoms with Crippen LogP contribution in [0.15, 0.2) is 42.7 Å². The van der Waals surface area contributed by atoms with E-state index < -0.39 is 23.6 Å². The average molecular weight is 283 g/mol. The van der Waals surface area contributed by atoms with Crippen molar-refractivity contribution in [1.82, 2.24) is 4.98 Å². The third kappa shape index (κ3) is 3.25. The number of carbonyl (C=O) groups is 1. The molecule has 2 rings (SSSR count). The molecule has 4 nitrogen and oxygen atoms in total. The van der Waals surface area contributed by atoms with Crippen molar-refractivity contribution in [2.24, 2.45) is 0 Å². The lowest BCUT2D eigenvalue weighted by atomic mass is 10.0. The Morgan fingerprint density at radius 3 is 2.30 bits per heavy atom. The van der Waals surface area contributed by atoms with Crippen molar-refractivity contribution in [3.8, 4) is 11.5 Å². The zero-order valence-electron chi connectivity index (χ0n) is 9.89. The SMILES string of the molecule is O=C(c1ccncc1)c1ccc(OC(F)(F)F)c(O)c1. The summed E-state index contributed by atoms with van der Waals surface area (Å²) in [7, 11) is 0. The molecule has 0 atom stereocenters. The Morgan fingerprint density at radius 2 is 1.75 bits per heavy atom. The van der Waals surface area contributed by atoms with Crippen LogP contribution in [0.3, 0.4) is 0 Å². The topological polar surface area (TPSA) is 59.4 Å². The minimum absolute atomic E-state index is 0.0447. The number of ketones is 1. The van der Waals surface area contributed by atoms with Crippen LogP contribution in [0.25, 0.3) is 0 Å². The van der Waals surface area contributed by atoms with Gasteiger partial charge in [0, 0.05) is 23.5 Å². The fourth-order valence-corrected chi connectivity index (χ4v) is 1.54. The van der Waals surface area contributed by atoms with Crippen molar-refractivity contribution in [3.63, 3.8) is 0 Å². The van der Waals surface area contributed by atoms with E-state index in [0.29, 0.717) is 5.56 Å². The minimum atomic E-state index is -4.91. The molecule has 0 amide bonds. The van der Waals surface area contributed by atoms with Gasteiger partial charge < -0.3 is 9.84 Å². The Hall–Kier alpha value is -2.57. The van der Waals surface area contributed by atoms with Gasteiger partial charge in [0.1, 0.15) is 0 Å². The highest BCUT2D eigenvalue weighted by Crippen LogP contribution is 2.32. The summed E-state index contributed by atoms with van der Waals surface area (Å²) in [6.45, 7) is 0. The number of nitrogens with zero attached hydrogens (tertiary/aromatic N) is 1. The van der Waals surface area contributed by atoms with E-state index in [1.165, 1.54) is 24.5 Å². The number of aromatic hydroxyl groups is 1. The fraction of sp³-hybridized carbons (Fsp3) is 0.0769. The molecule has 104 valence electrons. The Morgan fingerprint density at radius 1 is 1.10 bits per heavy atom. The molecular formula is C13H8F3NO3. The summed E-state index contributed by atoms with van der Waals surface area (Å²) in [4.78, 5) is 15.7. The summed E-state index contributed by atoms with van der Waals surface area (Å²) in [5.41, 5.74) is 0.354. The van der Waals surface area contributed by atoms with Gasteiger partial charge in [-0.05, 0) is 30.3 Å². The molecule has 7 heteroatoms. The molecule has 20 heavy (non-hydrogen) atoms. The van der Waals surface area contributed by atoms with Gasteiger partial charge in [-0.3, -0.25) is 9.78 Å². The number of carbonyl (C=O) groups excluding carboxylic acids is 1. The molecule has 1 aromatic heterocycles. The molecule has 1 heterocycles. The lowest BCUT2D eigenvalue weighted by Crippen LogP contribution is -2.17. The summed E-state index contributed by atoms with van der Waals surface area (Å²) < 4.78 is 39.7. The van der Waals surface area contributed by atoms with Gasteiger partial charge in [-0.15, -0.1) is 13.2 Å². The lowest BCUT2D eigenvalue weighted by Gasteiger charge is -2.11. The van der Waals surface area contributed by atoms with Gasteiger partial charge in [-0.1, -0.05) is 0 Å². The van der Waals surface area contributed by atoms with E-state index >= 15 is 0 Å². The first-order chi connectivity index (χ1) is 9.37. The van der Waals surface area contributed by atoms with E-state index in [9.17, 15) is 23.1 Å². The minimum Gasteiger partial charge on any atom is -0.504 e. The van der Waals surface area contributed by atoms with Crippen molar-refractivity contribution >= 4 is 5.78 Å². The second-order valence-corrected chi connectivity index (χ2v) is 3.80. The van der Waals surface area contributed by atoms with Gasteiger partial charge in [0.25, 0.3) is 0 Å². The van der Waals surface area contributed by atoms with Crippen molar-refractivity contribution in [1.29, 1.82) is 0 Å². The van der Waals surface area contributed by atoms with E-state index in [1.54, 1.807) is 0 Å². The molecule has 0 bridgehead atoms. The first-order valence-corrected chi connectivity index (χ1v) is 5.40. The molecular weight excluding hydrogens is 275 g/mol. The number of alkyl halides is 3. The molecule has 0 unspecified atom stereocenters. The number of phenols is 1. The highest BCUT2D eigenvalue weighted by Gasteiger charge is 2.32. The number of benzene rings is 1. The fourth-order valence-electron chi connectivity index (χ4n) is 1.54. The third-order valence-electron chi connectivity index (χ3n) is 2.39. The molecule has 1 N–H and O–H groups in total. The average Bonchev–Trinajstić information content (AvgIpc) is 2.40. The highest BCUT2D eigenvalue weighted by molar-refractivity contribution is 6.09. The largest absolute Gasteiger partial charge is 0.573 e. The second-order valence-electron chi connectivity index (χ2n) is 3.80. The van der Waals surface area contributed by atoms with E-state index in [4.69, 9.17) is 0 Å². The summed E-state index contributed by atoms with van der Waals surface area (Å²) >= 11 is 0. The summed E-state index contributed by atoms with van der Waals surface area (Å²) in [5.74, 6) is -1.97. The van der Waals surface area contributed by atoms with Crippen LogP contribution in [-0.4, -0.2) is 22.2 Å². The number of aromatic nitrogens is 1. The maximum Gasteiger partial charge on any atom is 0.573 e. The van der Waals surface area contributed by atoms with Crippen molar-refractivity contribution in [2.45, 2.75) is 6.36 Å². The molecule has 0 spiro atoms. The zero-order chi connectivity index (χ0) is 14.8. The monoisotopic (exact) mass is 283 g/mol. The van der Waals surface area contributed by atoms with Crippen molar-refractivity contribution < 1.29 is 27.8 Å². The molecule has 0 fully saturated rings. The molecule has 0 saturated heterocycles. The van der Waals surface area contributed by atoms with Crippen LogP contribution in [0.1, 0.15) is 15.9 Å². The normalized spacial score (nSPS) is 11.2. The summed E-state index contributed by atoms with van der Waals surface area (Å²) in [6, 6.07) is 5.86. The van der Waals surface area contributed by atoms with Gasteiger partial charge in [-0.2, -0.15) is 0 Å². The Bertz CT molecular complexity index is 627. The molecule has 0 aliphatic heterocycles. The number of hydrogen-bond acceptors (Lipinski definition) is 4. The summed E-state index contributed by atoms with van der Waals surface area (Å²) in [5, 5.41) is 9.46. The number of rotatable bonds is 3. The summed E-state index contributed by atoms with van der Waals surface area (Å²) in [6.07, 6.45) is -2.09. The number of pyridine rings is 1. The molecule has 0 aliphatic rings. The predicted molar refractivity (Wildman–Crippen MR) is 62.5 cm³/mol. The van der Waals surface area contributed by atoms with Crippen molar-refractivity contribution in [2.75, 3.05) is 0 Å². The Labute approximate surface area is 111 Å². The number of hydrogen-bond donors (Lipinski definition) is 1. The van der Waals surface area contributed by atoms with E-state index in [2.05, 4.69) is 9.72 Å². The molecule has 2 aromatic rings. The van der Waals surface area contributed by atoms with Crippen LogP contribution >= 0.6 is 0 Å². The first kappa shape index (κ1) is 13.9. The van der Waals surface area contributed by atoms with Gasteiger partial charge >= 0.3 is 6.36 Å². The maximum atomic E-state index is 12.0. The zero-order valence-corrected chi connectivity index (χ0v) is 9.89. The number of ether oxygens (including phenoxy) is 1. The van der Waals surface area contributed by atoms with Crippen LogP contribution in [0.2, 0.25) is 0 Å². The van der Waals surface area contributed by atoms with Crippen LogP contribution in [-0.2, 0) is 0 Å². The molecule has 1 aromatic carbocycles. The van der Waals surface area contributed by atoms with Gasteiger partial charge in [-0.25, -0.2) is 0 Å².